The zero-order valence-corrected chi connectivity index (χ0v) is 7.45. The summed E-state index contributed by atoms with van der Waals surface area (Å²) in [7, 11) is 1.36. The Hall–Kier alpha value is -1.10. The van der Waals surface area contributed by atoms with Crippen LogP contribution in [0.4, 0.5) is 0 Å². The van der Waals surface area contributed by atoms with E-state index in [0.29, 0.717) is 13.0 Å². The van der Waals surface area contributed by atoms with Crippen LogP contribution < -0.4 is 0 Å². The SMILES string of the molecule is COC(=O)CCn1cncn1.Cl. The van der Waals surface area contributed by atoms with Gasteiger partial charge in [0.05, 0.1) is 20.1 Å². The van der Waals surface area contributed by atoms with Crippen LogP contribution in [-0.2, 0) is 16.1 Å². The summed E-state index contributed by atoms with van der Waals surface area (Å²) >= 11 is 0. The van der Waals surface area contributed by atoms with Crippen molar-refractivity contribution in [3.63, 3.8) is 0 Å². The number of carbonyl (C=O) groups is 1. The van der Waals surface area contributed by atoms with Crippen LogP contribution in [0.2, 0.25) is 0 Å². The third-order valence-corrected chi connectivity index (χ3v) is 1.24. The zero-order chi connectivity index (χ0) is 8.10. The smallest absolute Gasteiger partial charge is 0.307 e. The summed E-state index contributed by atoms with van der Waals surface area (Å²) in [6.07, 6.45) is 3.32. The van der Waals surface area contributed by atoms with Gasteiger partial charge in [0.15, 0.2) is 0 Å². The Morgan fingerprint density at radius 3 is 2.92 bits per heavy atom. The van der Waals surface area contributed by atoms with Crippen molar-refractivity contribution in [3.8, 4) is 0 Å². The standard InChI is InChI=1S/C6H9N3O2.ClH/c1-11-6(10)2-3-9-5-7-4-8-9;/h4-5H,2-3H2,1H3;1H. The van der Waals surface area contributed by atoms with Gasteiger partial charge in [0.2, 0.25) is 0 Å². The number of ether oxygens (including phenoxy) is 1. The van der Waals surface area contributed by atoms with Gasteiger partial charge in [-0.2, -0.15) is 5.10 Å². The molecule has 0 aliphatic rings. The molecule has 0 N–H and O–H groups in total. The average molecular weight is 192 g/mol. The summed E-state index contributed by atoms with van der Waals surface area (Å²) < 4.78 is 6.03. The van der Waals surface area contributed by atoms with E-state index in [2.05, 4.69) is 14.8 Å². The molecule has 0 radical (unpaired) electrons. The second-order valence-electron chi connectivity index (χ2n) is 1.98. The van der Waals surface area contributed by atoms with Crippen molar-refractivity contribution in [2.24, 2.45) is 0 Å². The Labute approximate surface area is 76.1 Å². The molecule has 0 bridgehead atoms. The fourth-order valence-electron chi connectivity index (χ4n) is 0.656. The van der Waals surface area contributed by atoms with Crippen LogP contribution in [0.5, 0.6) is 0 Å². The largest absolute Gasteiger partial charge is 0.469 e. The molecule has 0 unspecified atom stereocenters. The van der Waals surface area contributed by atoms with Crippen molar-refractivity contribution in [3.05, 3.63) is 12.7 Å². The molecule has 0 saturated heterocycles. The molecule has 1 heterocycles. The number of rotatable bonds is 3. The molecule has 1 aromatic heterocycles. The van der Waals surface area contributed by atoms with Crippen molar-refractivity contribution in [1.82, 2.24) is 14.8 Å². The fraction of sp³-hybridized carbons (Fsp3) is 0.500. The Morgan fingerprint density at radius 2 is 2.42 bits per heavy atom. The van der Waals surface area contributed by atoms with E-state index >= 15 is 0 Å². The number of methoxy groups -OCH3 is 1. The monoisotopic (exact) mass is 191 g/mol. The fourth-order valence-corrected chi connectivity index (χ4v) is 0.656. The lowest BCUT2D eigenvalue weighted by molar-refractivity contribution is -0.140. The number of esters is 1. The van der Waals surface area contributed by atoms with Gasteiger partial charge in [-0.25, -0.2) is 4.98 Å². The summed E-state index contributed by atoms with van der Waals surface area (Å²) in [4.78, 5) is 14.3. The van der Waals surface area contributed by atoms with Crippen LogP contribution in [0.25, 0.3) is 0 Å². The van der Waals surface area contributed by atoms with Crippen molar-refractivity contribution < 1.29 is 9.53 Å². The Kier molecular flexibility index (Phi) is 5.03. The van der Waals surface area contributed by atoms with E-state index in [9.17, 15) is 4.79 Å². The molecule has 0 spiro atoms. The lowest BCUT2D eigenvalue weighted by atomic mass is 10.4. The lowest BCUT2D eigenvalue weighted by Gasteiger charge is -1.97. The lowest BCUT2D eigenvalue weighted by Crippen LogP contribution is -2.07. The molecule has 0 aliphatic carbocycles. The van der Waals surface area contributed by atoms with E-state index in [0.717, 1.165) is 0 Å². The van der Waals surface area contributed by atoms with Gasteiger partial charge >= 0.3 is 5.97 Å². The number of halogens is 1. The number of carbonyl (C=O) groups excluding carboxylic acids is 1. The predicted molar refractivity (Wildman–Crippen MR) is 43.9 cm³/mol. The highest BCUT2D eigenvalue weighted by Crippen LogP contribution is 1.88. The summed E-state index contributed by atoms with van der Waals surface area (Å²) in [5, 5.41) is 3.82. The molecule has 0 fully saturated rings. The second-order valence-corrected chi connectivity index (χ2v) is 1.98. The molecule has 1 rings (SSSR count). The Bertz CT molecular complexity index is 225. The van der Waals surface area contributed by atoms with Crippen molar-refractivity contribution in [2.45, 2.75) is 13.0 Å². The third kappa shape index (κ3) is 3.34. The molecule has 12 heavy (non-hydrogen) atoms. The molecule has 1 aromatic rings. The summed E-state index contributed by atoms with van der Waals surface area (Å²) in [5.41, 5.74) is 0. The molecule has 6 heteroatoms. The first-order chi connectivity index (χ1) is 5.33. The maximum absolute atomic E-state index is 10.6. The topological polar surface area (TPSA) is 57.0 Å². The highest BCUT2D eigenvalue weighted by molar-refractivity contribution is 5.85. The summed E-state index contributed by atoms with van der Waals surface area (Å²) in [5.74, 6) is -0.236. The van der Waals surface area contributed by atoms with E-state index < -0.39 is 0 Å². The second kappa shape index (κ2) is 5.54. The number of hydrogen-bond donors (Lipinski definition) is 0. The minimum absolute atomic E-state index is 0. The predicted octanol–water partition coefficient (Wildman–Crippen LogP) is 0.263. The molecular weight excluding hydrogens is 182 g/mol. The van der Waals surface area contributed by atoms with Crippen LogP contribution in [0.15, 0.2) is 12.7 Å². The molecular formula is C6H10ClN3O2. The van der Waals surface area contributed by atoms with E-state index in [1.54, 1.807) is 11.0 Å². The summed E-state index contributed by atoms with van der Waals surface area (Å²) in [6, 6.07) is 0. The first-order valence-corrected chi connectivity index (χ1v) is 3.22. The Balaban J connectivity index is 0.00000121. The normalized spacial score (nSPS) is 8.75. The molecule has 0 aliphatic heterocycles. The molecule has 68 valence electrons. The van der Waals surface area contributed by atoms with Gasteiger partial charge in [0.25, 0.3) is 0 Å². The van der Waals surface area contributed by atoms with Gasteiger partial charge in [-0.05, 0) is 0 Å². The molecule has 0 atom stereocenters. The average Bonchev–Trinajstić information content (AvgIpc) is 2.52. The molecule has 0 amide bonds. The van der Waals surface area contributed by atoms with Crippen LogP contribution >= 0.6 is 12.4 Å². The number of aryl methyl sites for hydroxylation is 1. The first kappa shape index (κ1) is 10.9. The summed E-state index contributed by atoms with van der Waals surface area (Å²) in [6.45, 7) is 0.521. The number of hydrogen-bond acceptors (Lipinski definition) is 4. The Morgan fingerprint density at radius 1 is 1.67 bits per heavy atom. The quantitative estimate of drug-likeness (QED) is 0.644. The van der Waals surface area contributed by atoms with Crippen LogP contribution in [0.1, 0.15) is 6.42 Å². The van der Waals surface area contributed by atoms with E-state index in [4.69, 9.17) is 0 Å². The van der Waals surface area contributed by atoms with Gasteiger partial charge in [-0.1, -0.05) is 0 Å². The molecule has 0 saturated carbocycles. The van der Waals surface area contributed by atoms with Gasteiger partial charge in [-0.3, -0.25) is 9.48 Å². The van der Waals surface area contributed by atoms with E-state index in [1.807, 2.05) is 0 Å². The third-order valence-electron chi connectivity index (χ3n) is 1.24. The highest BCUT2D eigenvalue weighted by Gasteiger charge is 1.99. The maximum Gasteiger partial charge on any atom is 0.307 e. The highest BCUT2D eigenvalue weighted by atomic mass is 35.5. The number of nitrogens with zero attached hydrogens (tertiary/aromatic N) is 3. The van der Waals surface area contributed by atoms with Crippen LogP contribution in [0.3, 0.4) is 0 Å². The van der Waals surface area contributed by atoms with Gasteiger partial charge in [-0.15, -0.1) is 12.4 Å². The minimum atomic E-state index is -0.236. The molecule has 5 nitrogen and oxygen atoms in total. The van der Waals surface area contributed by atoms with Gasteiger partial charge < -0.3 is 4.74 Å². The van der Waals surface area contributed by atoms with Gasteiger partial charge in [0.1, 0.15) is 12.7 Å². The van der Waals surface area contributed by atoms with E-state index in [-0.39, 0.29) is 18.4 Å². The zero-order valence-electron chi connectivity index (χ0n) is 6.64. The first-order valence-electron chi connectivity index (χ1n) is 3.22. The van der Waals surface area contributed by atoms with Crippen LogP contribution in [-0.4, -0.2) is 27.8 Å². The van der Waals surface area contributed by atoms with Crippen molar-refractivity contribution >= 4 is 18.4 Å². The number of aromatic nitrogens is 3. The maximum atomic E-state index is 10.6. The van der Waals surface area contributed by atoms with Crippen molar-refractivity contribution in [1.29, 1.82) is 0 Å². The minimum Gasteiger partial charge on any atom is -0.469 e. The van der Waals surface area contributed by atoms with Crippen molar-refractivity contribution in [2.75, 3.05) is 7.11 Å². The van der Waals surface area contributed by atoms with Gasteiger partial charge in [0, 0.05) is 0 Å². The molecule has 0 aromatic carbocycles. The van der Waals surface area contributed by atoms with Crippen LogP contribution in [0, 0.1) is 0 Å². The van der Waals surface area contributed by atoms with E-state index in [1.165, 1.54) is 13.4 Å².